The van der Waals surface area contributed by atoms with Gasteiger partial charge in [0.15, 0.2) is 12.4 Å². The third kappa shape index (κ3) is 4.83. The maximum Gasteiger partial charge on any atom is 0.331 e. The van der Waals surface area contributed by atoms with Crippen LogP contribution in [0, 0.1) is 20.8 Å². The maximum absolute atomic E-state index is 11.9. The van der Waals surface area contributed by atoms with Crippen LogP contribution in [0.3, 0.4) is 0 Å². The van der Waals surface area contributed by atoms with Crippen LogP contribution in [0.2, 0.25) is 5.15 Å². The van der Waals surface area contributed by atoms with Gasteiger partial charge >= 0.3 is 5.97 Å². The molecule has 27 heavy (non-hydrogen) atoms. The SMILES string of the molecule is Cc1ccc(Cn2nc(C)c(/C=C/C(=O)OCc3nc(C)no3)c2Cl)cc1. The Kier molecular flexibility index (Phi) is 5.71. The second-order valence-electron chi connectivity index (χ2n) is 6.11. The third-order valence-electron chi connectivity index (χ3n) is 3.86. The van der Waals surface area contributed by atoms with Crippen molar-refractivity contribution in [2.75, 3.05) is 0 Å². The quantitative estimate of drug-likeness (QED) is 0.475. The van der Waals surface area contributed by atoms with Crippen LogP contribution in [0.5, 0.6) is 0 Å². The molecule has 3 aromatic rings. The summed E-state index contributed by atoms with van der Waals surface area (Å²) in [6, 6.07) is 8.16. The fraction of sp³-hybridized carbons (Fsp3) is 0.263. The lowest BCUT2D eigenvalue weighted by molar-refractivity contribution is -0.139. The van der Waals surface area contributed by atoms with Gasteiger partial charge in [0.1, 0.15) is 5.15 Å². The van der Waals surface area contributed by atoms with E-state index in [9.17, 15) is 4.79 Å². The molecule has 0 aliphatic heterocycles. The highest BCUT2D eigenvalue weighted by molar-refractivity contribution is 6.31. The van der Waals surface area contributed by atoms with E-state index >= 15 is 0 Å². The van der Waals surface area contributed by atoms with E-state index in [1.54, 1.807) is 17.7 Å². The van der Waals surface area contributed by atoms with Crippen molar-refractivity contribution in [2.24, 2.45) is 0 Å². The molecule has 0 fully saturated rings. The summed E-state index contributed by atoms with van der Waals surface area (Å²) < 4.78 is 11.7. The average Bonchev–Trinajstić information content (AvgIpc) is 3.17. The minimum atomic E-state index is -0.535. The Labute approximate surface area is 161 Å². The fourth-order valence-electron chi connectivity index (χ4n) is 2.46. The molecule has 0 aliphatic rings. The Morgan fingerprint density at radius 1 is 1.26 bits per heavy atom. The van der Waals surface area contributed by atoms with Crippen molar-refractivity contribution in [2.45, 2.75) is 33.9 Å². The van der Waals surface area contributed by atoms with E-state index in [2.05, 4.69) is 15.2 Å². The number of rotatable bonds is 6. The predicted octanol–water partition coefficient (Wildman–Crippen LogP) is 3.65. The zero-order valence-corrected chi connectivity index (χ0v) is 16.0. The molecule has 1 aromatic carbocycles. The third-order valence-corrected chi connectivity index (χ3v) is 4.25. The van der Waals surface area contributed by atoms with Crippen LogP contribution in [0.4, 0.5) is 0 Å². The van der Waals surface area contributed by atoms with Gasteiger partial charge in [0.2, 0.25) is 0 Å². The number of aromatic nitrogens is 4. The van der Waals surface area contributed by atoms with Crippen molar-refractivity contribution >= 4 is 23.6 Å². The molecule has 0 amide bonds. The first-order chi connectivity index (χ1) is 12.9. The summed E-state index contributed by atoms with van der Waals surface area (Å²) in [7, 11) is 0. The summed E-state index contributed by atoms with van der Waals surface area (Å²) in [6.45, 7) is 6.03. The molecular formula is C19H19ClN4O3. The van der Waals surface area contributed by atoms with Gasteiger partial charge in [0.25, 0.3) is 5.89 Å². The second-order valence-corrected chi connectivity index (χ2v) is 6.47. The number of hydrogen-bond acceptors (Lipinski definition) is 6. The summed E-state index contributed by atoms with van der Waals surface area (Å²) in [6.07, 6.45) is 2.90. The largest absolute Gasteiger partial charge is 0.452 e. The van der Waals surface area contributed by atoms with Crippen molar-refractivity contribution in [1.82, 2.24) is 19.9 Å². The van der Waals surface area contributed by atoms with Gasteiger partial charge in [-0.05, 0) is 32.4 Å². The van der Waals surface area contributed by atoms with Crippen molar-refractivity contribution in [3.63, 3.8) is 0 Å². The number of benzene rings is 1. The molecule has 0 N–H and O–H groups in total. The van der Waals surface area contributed by atoms with Gasteiger partial charge in [-0.3, -0.25) is 0 Å². The van der Waals surface area contributed by atoms with Gasteiger partial charge in [0.05, 0.1) is 12.2 Å². The summed E-state index contributed by atoms with van der Waals surface area (Å²) in [5.41, 5.74) is 3.69. The number of esters is 1. The number of aryl methyl sites for hydroxylation is 3. The molecule has 0 saturated carbocycles. The standard InChI is InChI=1S/C19H19ClN4O3/c1-12-4-6-15(7-5-12)10-24-19(20)16(13(2)22-24)8-9-18(25)26-11-17-21-14(3)23-27-17/h4-9H,10-11H2,1-3H3/b9-8+. The van der Waals surface area contributed by atoms with Crippen LogP contribution in [0.25, 0.3) is 6.08 Å². The van der Waals surface area contributed by atoms with Gasteiger partial charge in [-0.1, -0.05) is 46.6 Å². The highest BCUT2D eigenvalue weighted by Crippen LogP contribution is 2.22. The zero-order valence-electron chi connectivity index (χ0n) is 15.3. The Bertz CT molecular complexity index is 974. The van der Waals surface area contributed by atoms with Crippen molar-refractivity contribution in [3.05, 3.63) is 69.6 Å². The smallest absolute Gasteiger partial charge is 0.331 e. The molecule has 8 heteroatoms. The summed E-state index contributed by atoms with van der Waals surface area (Å²) >= 11 is 6.43. The highest BCUT2D eigenvalue weighted by atomic mass is 35.5. The molecule has 140 valence electrons. The Morgan fingerprint density at radius 3 is 2.67 bits per heavy atom. The second kappa shape index (κ2) is 8.18. The van der Waals surface area contributed by atoms with E-state index in [4.69, 9.17) is 20.9 Å². The van der Waals surface area contributed by atoms with Crippen molar-refractivity contribution in [3.8, 4) is 0 Å². The average molecular weight is 387 g/mol. The minimum absolute atomic E-state index is 0.0799. The molecule has 0 bridgehead atoms. The van der Waals surface area contributed by atoms with Gasteiger partial charge < -0.3 is 9.26 Å². The van der Waals surface area contributed by atoms with Crippen molar-refractivity contribution < 1.29 is 14.1 Å². The van der Waals surface area contributed by atoms with E-state index in [1.807, 2.05) is 38.1 Å². The van der Waals surface area contributed by atoms with Crippen LogP contribution in [-0.4, -0.2) is 25.9 Å². The number of hydrogen-bond donors (Lipinski definition) is 0. The molecule has 0 unspecified atom stereocenters. The first kappa shape index (κ1) is 18.8. The van der Waals surface area contributed by atoms with Gasteiger partial charge in [0, 0.05) is 11.6 Å². The van der Waals surface area contributed by atoms with E-state index in [-0.39, 0.29) is 12.5 Å². The Morgan fingerprint density at radius 2 is 2.00 bits per heavy atom. The van der Waals surface area contributed by atoms with Crippen LogP contribution in [0.1, 0.15) is 34.1 Å². The topological polar surface area (TPSA) is 83.0 Å². The molecule has 2 aromatic heterocycles. The number of nitrogens with zero attached hydrogens (tertiary/aromatic N) is 4. The lowest BCUT2D eigenvalue weighted by Crippen LogP contribution is -2.02. The van der Waals surface area contributed by atoms with Crippen LogP contribution < -0.4 is 0 Å². The summed E-state index contributed by atoms with van der Waals surface area (Å²) in [5.74, 6) is 0.196. The normalized spacial score (nSPS) is 11.3. The molecule has 7 nitrogen and oxygen atoms in total. The van der Waals surface area contributed by atoms with E-state index in [0.29, 0.717) is 23.1 Å². The van der Waals surface area contributed by atoms with E-state index < -0.39 is 5.97 Å². The van der Waals surface area contributed by atoms with Crippen molar-refractivity contribution in [1.29, 1.82) is 0 Å². The first-order valence-corrected chi connectivity index (χ1v) is 8.72. The summed E-state index contributed by atoms with van der Waals surface area (Å²) in [5, 5.41) is 8.54. The van der Waals surface area contributed by atoms with Crippen LogP contribution >= 0.6 is 11.6 Å². The number of ether oxygens (including phenoxy) is 1. The molecule has 3 rings (SSSR count). The fourth-order valence-corrected chi connectivity index (χ4v) is 2.76. The molecule has 2 heterocycles. The predicted molar refractivity (Wildman–Crippen MR) is 100 cm³/mol. The molecular weight excluding hydrogens is 368 g/mol. The molecule has 0 aliphatic carbocycles. The number of carbonyl (C=O) groups excluding carboxylic acids is 1. The first-order valence-electron chi connectivity index (χ1n) is 8.35. The lowest BCUT2D eigenvalue weighted by Gasteiger charge is -2.04. The zero-order chi connectivity index (χ0) is 19.4. The molecule has 0 saturated heterocycles. The van der Waals surface area contributed by atoms with Crippen LogP contribution in [0.15, 0.2) is 34.9 Å². The molecule has 0 spiro atoms. The lowest BCUT2D eigenvalue weighted by atomic mass is 10.1. The summed E-state index contributed by atoms with van der Waals surface area (Å²) in [4.78, 5) is 15.8. The Balaban J connectivity index is 1.65. The van der Waals surface area contributed by atoms with Crippen LogP contribution in [-0.2, 0) is 22.7 Å². The van der Waals surface area contributed by atoms with Gasteiger partial charge in [-0.2, -0.15) is 10.1 Å². The van der Waals surface area contributed by atoms with E-state index in [1.165, 1.54) is 11.6 Å². The molecule has 0 atom stereocenters. The minimum Gasteiger partial charge on any atom is -0.452 e. The number of halogens is 1. The van der Waals surface area contributed by atoms with Gasteiger partial charge in [-0.25, -0.2) is 9.48 Å². The highest BCUT2D eigenvalue weighted by Gasteiger charge is 2.12. The monoisotopic (exact) mass is 386 g/mol. The number of carbonyl (C=O) groups is 1. The Hall–Kier alpha value is -2.93. The van der Waals surface area contributed by atoms with E-state index in [0.717, 1.165) is 11.3 Å². The van der Waals surface area contributed by atoms with Gasteiger partial charge in [-0.15, -0.1) is 0 Å². The molecule has 0 radical (unpaired) electrons. The maximum atomic E-state index is 11.9.